The highest BCUT2D eigenvalue weighted by Crippen LogP contribution is 2.22. The van der Waals surface area contributed by atoms with Crippen molar-refractivity contribution >= 4 is 17.9 Å². The van der Waals surface area contributed by atoms with Gasteiger partial charge in [0.1, 0.15) is 5.82 Å². The van der Waals surface area contributed by atoms with Crippen LogP contribution in [0.3, 0.4) is 0 Å². The summed E-state index contributed by atoms with van der Waals surface area (Å²) in [5.41, 5.74) is 0.222. The van der Waals surface area contributed by atoms with Gasteiger partial charge in [-0.3, -0.25) is 9.88 Å². The normalized spacial score (nSPS) is 21.0. The van der Waals surface area contributed by atoms with Crippen LogP contribution in [0, 0.1) is 0 Å². The number of amides is 1. The number of methoxy groups -OCH3 is 1. The fourth-order valence-electron chi connectivity index (χ4n) is 3.66. The number of rotatable bonds is 4. The molecule has 2 fully saturated rings. The Hall–Kier alpha value is -2.42. The van der Waals surface area contributed by atoms with Gasteiger partial charge in [-0.1, -0.05) is 0 Å². The minimum absolute atomic E-state index is 0.222. The van der Waals surface area contributed by atoms with Crippen molar-refractivity contribution in [1.29, 1.82) is 0 Å². The quantitative estimate of drug-likeness (QED) is 0.719. The van der Waals surface area contributed by atoms with Crippen LogP contribution in [0.4, 0.5) is 10.6 Å². The highest BCUT2D eigenvalue weighted by molar-refractivity contribution is 5.87. The number of carbonyl (C=O) groups is 2. The lowest BCUT2D eigenvalue weighted by Gasteiger charge is -2.43. The van der Waals surface area contributed by atoms with E-state index in [9.17, 15) is 9.59 Å². The zero-order chi connectivity index (χ0) is 19.2. The molecule has 0 N–H and O–H groups in total. The SMILES string of the molecule is CCOC(=O)N1CCN(C2CCCN(c3cncc(C(=O)OC)n3)C2)CC1. The van der Waals surface area contributed by atoms with Gasteiger partial charge in [-0.15, -0.1) is 0 Å². The zero-order valence-corrected chi connectivity index (χ0v) is 16.0. The predicted octanol–water partition coefficient (Wildman–Crippen LogP) is 1.01. The minimum atomic E-state index is -0.479. The molecule has 9 nitrogen and oxygen atoms in total. The Balaban J connectivity index is 1.59. The molecule has 2 aliphatic rings. The van der Waals surface area contributed by atoms with E-state index in [1.54, 1.807) is 11.1 Å². The average molecular weight is 377 g/mol. The Labute approximate surface area is 159 Å². The first-order valence-corrected chi connectivity index (χ1v) is 9.43. The van der Waals surface area contributed by atoms with Crippen molar-refractivity contribution in [3.05, 3.63) is 18.1 Å². The Morgan fingerprint density at radius 1 is 1.19 bits per heavy atom. The summed E-state index contributed by atoms with van der Waals surface area (Å²) < 4.78 is 9.81. The molecule has 2 saturated heterocycles. The van der Waals surface area contributed by atoms with E-state index in [0.717, 1.165) is 39.0 Å². The van der Waals surface area contributed by atoms with Crippen LogP contribution in [-0.2, 0) is 9.47 Å². The van der Waals surface area contributed by atoms with Gasteiger partial charge >= 0.3 is 12.1 Å². The first kappa shape index (κ1) is 19.3. The number of piperazine rings is 1. The summed E-state index contributed by atoms with van der Waals surface area (Å²) in [5.74, 6) is 0.223. The molecule has 0 radical (unpaired) electrons. The van der Waals surface area contributed by atoms with E-state index in [1.807, 2.05) is 6.92 Å². The molecule has 0 saturated carbocycles. The Bertz CT molecular complexity index is 663. The summed E-state index contributed by atoms with van der Waals surface area (Å²) in [6.07, 6.45) is 5.04. The molecule has 0 spiro atoms. The summed E-state index contributed by atoms with van der Waals surface area (Å²) >= 11 is 0. The number of hydrogen-bond donors (Lipinski definition) is 0. The Morgan fingerprint density at radius 3 is 2.67 bits per heavy atom. The van der Waals surface area contributed by atoms with Gasteiger partial charge in [-0.2, -0.15) is 0 Å². The maximum Gasteiger partial charge on any atom is 0.409 e. The molecule has 1 amide bonds. The molecule has 0 aromatic carbocycles. The number of nitrogens with zero attached hydrogens (tertiary/aromatic N) is 5. The third-order valence-electron chi connectivity index (χ3n) is 5.09. The van der Waals surface area contributed by atoms with Crippen molar-refractivity contribution in [3.63, 3.8) is 0 Å². The highest BCUT2D eigenvalue weighted by atomic mass is 16.6. The third kappa shape index (κ3) is 4.65. The number of piperidine rings is 1. The molecule has 1 unspecified atom stereocenters. The van der Waals surface area contributed by atoms with Crippen LogP contribution in [0.5, 0.6) is 0 Å². The maximum atomic E-state index is 11.9. The molecule has 3 rings (SSSR count). The van der Waals surface area contributed by atoms with E-state index in [4.69, 9.17) is 9.47 Å². The molecule has 1 atom stereocenters. The lowest BCUT2D eigenvalue weighted by atomic mass is 10.0. The van der Waals surface area contributed by atoms with Gasteiger partial charge in [0.2, 0.25) is 0 Å². The van der Waals surface area contributed by atoms with Crippen LogP contribution in [0.25, 0.3) is 0 Å². The van der Waals surface area contributed by atoms with Gasteiger partial charge in [0.05, 0.1) is 26.1 Å². The molecule has 9 heteroatoms. The van der Waals surface area contributed by atoms with Crippen molar-refractivity contribution in [1.82, 2.24) is 19.8 Å². The van der Waals surface area contributed by atoms with Crippen LogP contribution < -0.4 is 4.90 Å². The van der Waals surface area contributed by atoms with Gasteiger partial charge < -0.3 is 19.3 Å². The smallest absolute Gasteiger partial charge is 0.409 e. The van der Waals surface area contributed by atoms with Gasteiger partial charge in [-0.05, 0) is 19.8 Å². The number of esters is 1. The van der Waals surface area contributed by atoms with Crippen molar-refractivity contribution in [3.8, 4) is 0 Å². The molecule has 0 aliphatic carbocycles. The van der Waals surface area contributed by atoms with E-state index in [1.165, 1.54) is 13.3 Å². The van der Waals surface area contributed by atoms with E-state index < -0.39 is 5.97 Å². The zero-order valence-electron chi connectivity index (χ0n) is 16.0. The maximum absolute atomic E-state index is 11.9. The number of aromatic nitrogens is 2. The molecule has 3 heterocycles. The molecule has 1 aromatic heterocycles. The monoisotopic (exact) mass is 377 g/mol. The van der Waals surface area contributed by atoms with Gasteiger partial charge in [0, 0.05) is 45.3 Å². The van der Waals surface area contributed by atoms with Gasteiger partial charge in [-0.25, -0.2) is 14.6 Å². The third-order valence-corrected chi connectivity index (χ3v) is 5.09. The fourth-order valence-corrected chi connectivity index (χ4v) is 3.66. The highest BCUT2D eigenvalue weighted by Gasteiger charge is 2.30. The number of ether oxygens (including phenoxy) is 2. The average Bonchev–Trinajstić information content (AvgIpc) is 2.73. The second-order valence-corrected chi connectivity index (χ2v) is 6.72. The summed E-state index contributed by atoms with van der Waals surface area (Å²) in [7, 11) is 1.34. The van der Waals surface area contributed by atoms with Crippen molar-refractivity contribution in [2.45, 2.75) is 25.8 Å². The first-order valence-electron chi connectivity index (χ1n) is 9.43. The van der Waals surface area contributed by atoms with Crippen molar-refractivity contribution in [2.24, 2.45) is 0 Å². The summed E-state index contributed by atoms with van der Waals surface area (Å²) in [4.78, 5) is 38.5. The van der Waals surface area contributed by atoms with Crippen LogP contribution in [-0.4, -0.2) is 90.9 Å². The van der Waals surface area contributed by atoms with Crippen molar-refractivity contribution in [2.75, 3.05) is 57.9 Å². The largest absolute Gasteiger partial charge is 0.464 e. The summed E-state index contributed by atoms with van der Waals surface area (Å²) in [6, 6.07) is 0.395. The number of carbonyl (C=O) groups excluding carboxylic acids is 2. The van der Waals surface area contributed by atoms with Gasteiger partial charge in [0.15, 0.2) is 5.69 Å². The van der Waals surface area contributed by atoms with E-state index >= 15 is 0 Å². The molecule has 148 valence electrons. The molecular formula is C18H27N5O4. The lowest BCUT2D eigenvalue weighted by molar-refractivity contribution is 0.0591. The first-order chi connectivity index (χ1) is 13.1. The molecular weight excluding hydrogens is 350 g/mol. The molecule has 2 aliphatic heterocycles. The van der Waals surface area contributed by atoms with Crippen LogP contribution >= 0.6 is 0 Å². The van der Waals surface area contributed by atoms with E-state index in [-0.39, 0.29) is 11.8 Å². The second kappa shape index (κ2) is 8.98. The van der Waals surface area contributed by atoms with Crippen LogP contribution in [0.2, 0.25) is 0 Å². The minimum Gasteiger partial charge on any atom is -0.464 e. The second-order valence-electron chi connectivity index (χ2n) is 6.72. The topological polar surface area (TPSA) is 88.1 Å². The van der Waals surface area contributed by atoms with E-state index in [2.05, 4.69) is 19.8 Å². The molecule has 0 bridgehead atoms. The standard InChI is InChI=1S/C18H27N5O4/c1-3-27-18(25)22-9-7-21(8-10-22)14-5-4-6-23(13-14)16-12-19-11-15(20-16)17(24)26-2/h11-12,14H,3-10,13H2,1-2H3. The Kier molecular flexibility index (Phi) is 6.44. The number of anilines is 1. The number of hydrogen-bond acceptors (Lipinski definition) is 8. The van der Waals surface area contributed by atoms with Crippen molar-refractivity contribution < 1.29 is 19.1 Å². The Morgan fingerprint density at radius 2 is 1.96 bits per heavy atom. The van der Waals surface area contributed by atoms with Crippen LogP contribution in [0.15, 0.2) is 12.4 Å². The van der Waals surface area contributed by atoms with Crippen LogP contribution in [0.1, 0.15) is 30.3 Å². The summed E-state index contributed by atoms with van der Waals surface area (Å²) in [6.45, 7) is 7.00. The van der Waals surface area contributed by atoms with Gasteiger partial charge in [0.25, 0.3) is 0 Å². The summed E-state index contributed by atoms with van der Waals surface area (Å²) in [5, 5.41) is 0. The molecule has 27 heavy (non-hydrogen) atoms. The van der Waals surface area contributed by atoms with E-state index in [0.29, 0.717) is 31.6 Å². The fraction of sp³-hybridized carbons (Fsp3) is 0.667. The molecule has 1 aromatic rings. The predicted molar refractivity (Wildman–Crippen MR) is 98.8 cm³/mol. The lowest BCUT2D eigenvalue weighted by Crippen LogP contribution is -2.56.